The second-order valence-electron chi connectivity index (χ2n) is 9.72. The number of unbranched alkanes of at least 4 members (excludes halogenated alkanes) is 3. The molecule has 0 aliphatic heterocycles. The number of methoxy groups -OCH3 is 1. The van der Waals surface area contributed by atoms with Gasteiger partial charge in [-0.25, -0.2) is 4.98 Å². The minimum Gasteiger partial charge on any atom is -0.495 e. The number of aromatic nitrogens is 2. The first-order valence-electron chi connectivity index (χ1n) is 12.7. The summed E-state index contributed by atoms with van der Waals surface area (Å²) in [6.45, 7) is 10.9. The number of fused-ring (bicyclic) bond motifs is 1. The Labute approximate surface area is 208 Å². The lowest BCUT2D eigenvalue weighted by atomic mass is 10.1. The number of hydrogen-bond donors (Lipinski definition) is 0. The average Bonchev–Trinajstić information content (AvgIpc) is 2.83. The lowest BCUT2D eigenvalue weighted by molar-refractivity contribution is -0.134. The van der Waals surface area contributed by atoms with E-state index in [1.807, 2.05) is 55.1 Å². The minimum absolute atomic E-state index is 0.0918. The molecule has 0 radical (unpaired) electrons. The van der Waals surface area contributed by atoms with Gasteiger partial charge >= 0.3 is 0 Å². The molecule has 3 rings (SSSR count). The van der Waals surface area contributed by atoms with E-state index in [-0.39, 0.29) is 23.4 Å². The third-order valence-corrected chi connectivity index (χ3v) is 6.37. The zero-order chi connectivity index (χ0) is 25.5. The van der Waals surface area contributed by atoms with E-state index in [2.05, 4.69) is 20.8 Å². The predicted octanol–water partition coefficient (Wildman–Crippen LogP) is 6.22. The van der Waals surface area contributed by atoms with Crippen LogP contribution in [0, 0.1) is 12.8 Å². The molecule has 1 atom stereocenters. The quantitative estimate of drug-likeness (QED) is 0.308. The molecule has 0 N–H and O–H groups in total. The maximum absolute atomic E-state index is 13.9. The molecule has 1 amide bonds. The summed E-state index contributed by atoms with van der Waals surface area (Å²) in [5.41, 5.74) is 2.11. The lowest BCUT2D eigenvalue weighted by Gasteiger charge is -2.31. The fraction of sp³-hybridized carbons (Fsp3) is 0.483. The van der Waals surface area contributed by atoms with E-state index in [0.717, 1.165) is 31.2 Å². The van der Waals surface area contributed by atoms with E-state index in [1.165, 1.54) is 0 Å². The first-order chi connectivity index (χ1) is 16.8. The number of para-hydroxylation sites is 1. The van der Waals surface area contributed by atoms with Gasteiger partial charge in [-0.2, -0.15) is 0 Å². The summed E-state index contributed by atoms with van der Waals surface area (Å²) in [5.74, 6) is 1.47. The highest BCUT2D eigenvalue weighted by atomic mass is 16.5. The molecule has 0 bridgehead atoms. The second kappa shape index (κ2) is 12.0. The SMILES string of the molecule is CCCCCCN(C(=O)CC(C)C)C(C)c1nc2ccccc2c(=O)n1-c1cc(C)ccc1OC. The van der Waals surface area contributed by atoms with Crippen LogP contribution >= 0.6 is 0 Å². The van der Waals surface area contributed by atoms with Crippen molar-refractivity contribution in [3.63, 3.8) is 0 Å². The summed E-state index contributed by atoms with van der Waals surface area (Å²) >= 11 is 0. The molecule has 0 saturated heterocycles. The van der Waals surface area contributed by atoms with E-state index in [1.54, 1.807) is 17.7 Å². The van der Waals surface area contributed by atoms with E-state index in [9.17, 15) is 9.59 Å². The monoisotopic (exact) mass is 477 g/mol. The van der Waals surface area contributed by atoms with Crippen LogP contribution in [0.15, 0.2) is 47.3 Å². The molecule has 1 unspecified atom stereocenters. The number of hydrogen-bond acceptors (Lipinski definition) is 4. The number of nitrogens with zero attached hydrogens (tertiary/aromatic N) is 3. The van der Waals surface area contributed by atoms with Crippen LogP contribution in [-0.4, -0.2) is 34.0 Å². The lowest BCUT2D eigenvalue weighted by Crippen LogP contribution is -2.38. The molecular formula is C29H39N3O3. The van der Waals surface area contributed by atoms with Crippen molar-refractivity contribution in [3.8, 4) is 11.4 Å². The summed E-state index contributed by atoms with van der Waals surface area (Å²) < 4.78 is 7.28. The van der Waals surface area contributed by atoms with Gasteiger partial charge in [0.25, 0.3) is 5.56 Å². The Morgan fingerprint density at radius 1 is 1.09 bits per heavy atom. The highest BCUT2D eigenvalue weighted by Gasteiger charge is 2.27. The van der Waals surface area contributed by atoms with Gasteiger partial charge in [0.2, 0.25) is 5.91 Å². The fourth-order valence-electron chi connectivity index (χ4n) is 4.49. The Morgan fingerprint density at radius 3 is 2.51 bits per heavy atom. The molecule has 0 spiro atoms. The third kappa shape index (κ3) is 6.11. The molecule has 0 fully saturated rings. The molecule has 0 aliphatic rings. The number of aryl methyl sites for hydroxylation is 1. The molecule has 1 heterocycles. The van der Waals surface area contributed by atoms with E-state index < -0.39 is 0 Å². The number of carbonyl (C=O) groups excluding carboxylic acids is 1. The Morgan fingerprint density at radius 2 is 1.83 bits per heavy atom. The van der Waals surface area contributed by atoms with Gasteiger partial charge in [0, 0.05) is 13.0 Å². The third-order valence-electron chi connectivity index (χ3n) is 6.37. The van der Waals surface area contributed by atoms with Crippen molar-refractivity contribution in [3.05, 3.63) is 64.2 Å². The maximum Gasteiger partial charge on any atom is 0.266 e. The topological polar surface area (TPSA) is 64.4 Å². The smallest absolute Gasteiger partial charge is 0.266 e. The van der Waals surface area contributed by atoms with Crippen LogP contribution in [0.5, 0.6) is 5.75 Å². The Bertz CT molecular complexity index is 1220. The predicted molar refractivity (Wildman–Crippen MR) is 142 cm³/mol. The number of amides is 1. The van der Waals surface area contributed by atoms with Crippen LogP contribution < -0.4 is 10.3 Å². The van der Waals surface area contributed by atoms with Crippen molar-refractivity contribution in [1.82, 2.24) is 14.5 Å². The Balaban J connectivity index is 2.21. The Hall–Kier alpha value is -3.15. The summed E-state index contributed by atoms with van der Waals surface area (Å²) in [4.78, 5) is 34.1. The summed E-state index contributed by atoms with van der Waals surface area (Å²) in [5, 5.41) is 0.537. The largest absolute Gasteiger partial charge is 0.495 e. The van der Waals surface area contributed by atoms with Gasteiger partial charge in [0.1, 0.15) is 11.6 Å². The van der Waals surface area contributed by atoms with Crippen LogP contribution in [0.2, 0.25) is 0 Å². The van der Waals surface area contributed by atoms with Gasteiger partial charge in [-0.05, 0) is 56.0 Å². The maximum atomic E-state index is 13.9. The van der Waals surface area contributed by atoms with Crippen LogP contribution in [0.1, 0.15) is 77.2 Å². The van der Waals surface area contributed by atoms with Crippen molar-refractivity contribution < 1.29 is 9.53 Å². The number of benzene rings is 2. The van der Waals surface area contributed by atoms with Gasteiger partial charge in [-0.1, -0.05) is 58.2 Å². The van der Waals surface area contributed by atoms with Crippen molar-refractivity contribution in [2.24, 2.45) is 5.92 Å². The molecule has 2 aromatic carbocycles. The number of rotatable bonds is 11. The first kappa shape index (κ1) is 26.5. The van der Waals surface area contributed by atoms with Crippen LogP contribution in [-0.2, 0) is 4.79 Å². The second-order valence-corrected chi connectivity index (χ2v) is 9.72. The van der Waals surface area contributed by atoms with E-state index >= 15 is 0 Å². The van der Waals surface area contributed by atoms with Crippen molar-refractivity contribution >= 4 is 16.8 Å². The van der Waals surface area contributed by atoms with E-state index in [4.69, 9.17) is 9.72 Å². The zero-order valence-corrected chi connectivity index (χ0v) is 22.0. The molecule has 35 heavy (non-hydrogen) atoms. The van der Waals surface area contributed by atoms with Gasteiger partial charge in [0.15, 0.2) is 0 Å². The number of ether oxygens (including phenoxy) is 1. The van der Waals surface area contributed by atoms with Crippen LogP contribution in [0.25, 0.3) is 16.6 Å². The van der Waals surface area contributed by atoms with Gasteiger partial charge in [-0.15, -0.1) is 0 Å². The van der Waals surface area contributed by atoms with Gasteiger partial charge < -0.3 is 9.64 Å². The van der Waals surface area contributed by atoms with Crippen molar-refractivity contribution in [1.29, 1.82) is 0 Å². The zero-order valence-electron chi connectivity index (χ0n) is 22.0. The van der Waals surface area contributed by atoms with Crippen molar-refractivity contribution in [2.75, 3.05) is 13.7 Å². The average molecular weight is 478 g/mol. The van der Waals surface area contributed by atoms with Crippen LogP contribution in [0.4, 0.5) is 0 Å². The fourth-order valence-corrected chi connectivity index (χ4v) is 4.49. The van der Waals surface area contributed by atoms with Crippen LogP contribution in [0.3, 0.4) is 0 Å². The molecule has 0 aliphatic carbocycles. The summed E-state index contributed by atoms with van der Waals surface area (Å²) in [7, 11) is 1.60. The normalized spacial score (nSPS) is 12.2. The molecular weight excluding hydrogens is 438 g/mol. The first-order valence-corrected chi connectivity index (χ1v) is 12.7. The molecule has 3 aromatic rings. The summed E-state index contributed by atoms with van der Waals surface area (Å²) in [6, 6.07) is 12.8. The van der Waals surface area contributed by atoms with Crippen molar-refractivity contribution in [2.45, 2.75) is 72.8 Å². The van der Waals surface area contributed by atoms with E-state index in [0.29, 0.717) is 41.1 Å². The highest BCUT2D eigenvalue weighted by molar-refractivity contribution is 5.79. The van der Waals surface area contributed by atoms with Gasteiger partial charge in [-0.3, -0.25) is 14.2 Å². The number of carbonyl (C=O) groups is 1. The molecule has 0 saturated carbocycles. The Kier molecular flexibility index (Phi) is 9.07. The highest BCUT2D eigenvalue weighted by Crippen LogP contribution is 2.29. The molecule has 1 aromatic heterocycles. The van der Waals surface area contributed by atoms with Gasteiger partial charge in [0.05, 0.1) is 29.7 Å². The molecule has 6 nitrogen and oxygen atoms in total. The molecule has 188 valence electrons. The molecule has 6 heteroatoms. The minimum atomic E-state index is -0.384. The standard InChI is InChI=1S/C29H39N3O3/c1-7-8-9-12-17-31(27(33)18-20(2)3)22(5)28-30-24-14-11-10-13-23(24)29(34)32(28)25-19-21(4)15-16-26(25)35-6/h10-11,13-16,19-20,22H,7-9,12,17-18H2,1-6H3. The summed E-state index contributed by atoms with van der Waals surface area (Å²) in [6.07, 6.45) is 4.73.